The van der Waals surface area contributed by atoms with Crippen LogP contribution in [0.5, 0.6) is 0 Å². The minimum atomic E-state index is -0.893. The van der Waals surface area contributed by atoms with Gasteiger partial charge in [-0.3, -0.25) is 24.4 Å². The van der Waals surface area contributed by atoms with Crippen LogP contribution in [0.15, 0.2) is 18.5 Å². The summed E-state index contributed by atoms with van der Waals surface area (Å²) in [6.07, 6.45) is 12.9. The molecule has 7 rings (SSSR count). The number of fused-ring (bicyclic) bond motifs is 1. The number of imide groups is 1. The van der Waals surface area contributed by atoms with Crippen molar-refractivity contribution in [3.05, 3.63) is 44.5 Å². The van der Waals surface area contributed by atoms with Gasteiger partial charge in [0.15, 0.2) is 0 Å². The second-order valence-electron chi connectivity index (χ2n) is 15.3. The number of amides is 6. The lowest BCUT2D eigenvalue weighted by Gasteiger charge is -2.35. The van der Waals surface area contributed by atoms with Crippen molar-refractivity contribution < 1.29 is 29.1 Å². The number of rotatable bonds is 16. The van der Waals surface area contributed by atoms with Crippen molar-refractivity contribution in [3.63, 3.8) is 0 Å². The minimum Gasteiger partial charge on any atom is -0.465 e. The van der Waals surface area contributed by atoms with E-state index in [-0.39, 0.29) is 42.9 Å². The molecule has 3 fully saturated rings. The van der Waals surface area contributed by atoms with Crippen molar-refractivity contribution in [1.29, 1.82) is 0 Å². The zero-order valence-corrected chi connectivity index (χ0v) is 33.1. The Morgan fingerprint density at radius 2 is 1.82 bits per heavy atom. The van der Waals surface area contributed by atoms with Gasteiger partial charge in [-0.15, -0.1) is 11.3 Å². The fourth-order valence-electron chi connectivity index (χ4n) is 7.95. The van der Waals surface area contributed by atoms with E-state index in [9.17, 15) is 29.1 Å². The highest BCUT2D eigenvalue weighted by atomic mass is 35.5. The molecule has 0 aromatic carbocycles. The van der Waals surface area contributed by atoms with E-state index in [2.05, 4.69) is 31.3 Å². The fraction of sp³-hybridized carbons (Fsp3) is 0.579. The first-order valence-corrected chi connectivity index (χ1v) is 20.8. The Kier molecular flexibility index (Phi) is 12.4. The molecule has 5 heterocycles. The Morgan fingerprint density at radius 1 is 1.04 bits per heavy atom. The lowest BCUT2D eigenvalue weighted by molar-refractivity contribution is -0.136. The summed E-state index contributed by atoms with van der Waals surface area (Å²) in [5.41, 5.74) is 3.58. The Labute approximate surface area is 334 Å². The van der Waals surface area contributed by atoms with E-state index in [1.165, 1.54) is 29.1 Å². The summed E-state index contributed by atoms with van der Waals surface area (Å²) < 4.78 is 1.91. The Bertz CT molecular complexity index is 1960. The van der Waals surface area contributed by atoms with Crippen molar-refractivity contribution >= 4 is 58.7 Å². The van der Waals surface area contributed by atoms with Gasteiger partial charge in [0.1, 0.15) is 6.04 Å². The zero-order chi connectivity index (χ0) is 39.3. The summed E-state index contributed by atoms with van der Waals surface area (Å²) in [5, 5.41) is 26.4. The molecule has 5 N–H and O–H groups in total. The van der Waals surface area contributed by atoms with Crippen molar-refractivity contribution in [2.45, 2.75) is 115 Å². The summed E-state index contributed by atoms with van der Waals surface area (Å²) >= 11 is 7.86. The average Bonchev–Trinajstić information content (AvgIpc) is 3.69. The normalized spacial score (nSPS) is 20.8. The Balaban J connectivity index is 0.771. The van der Waals surface area contributed by atoms with Crippen LogP contribution in [0.2, 0.25) is 5.02 Å². The molecule has 1 atom stereocenters. The highest BCUT2D eigenvalue weighted by molar-refractivity contribution is 7.14. The molecule has 6 amide bonds. The molecule has 56 heavy (non-hydrogen) atoms. The molecule has 0 bridgehead atoms. The standard InChI is InChI=1S/C38H49ClN10O6S/c1-47-30(16-22-6-7-22)27(19-43-47)32-28(39)20-41-36(46-32)44-24-8-10-25(11-9-24)48(38(54)55)15-5-3-2-4-14-40-37(53)42-18-26-17-23-21-49(35(52)33(23)56-26)29-12-13-31(50)45-34(29)51/h17,19-20,22,24-25,29H,2-16,18,21H2,1H3,(H,54,55)(H2,40,42,53)(H,41,44,46)(H,45,50,51). The third-order valence-electron chi connectivity index (χ3n) is 11.2. The number of urea groups is 1. The van der Waals surface area contributed by atoms with Crippen LogP contribution >= 0.6 is 22.9 Å². The van der Waals surface area contributed by atoms with Crippen LogP contribution in [-0.2, 0) is 36.1 Å². The van der Waals surface area contributed by atoms with E-state index >= 15 is 0 Å². The number of carbonyl (C=O) groups is 5. The van der Waals surface area contributed by atoms with Gasteiger partial charge in [-0.2, -0.15) is 5.10 Å². The molecule has 4 aliphatic rings. The number of hydrogen-bond acceptors (Lipinski definition) is 10. The molecule has 16 nitrogen and oxygen atoms in total. The quantitative estimate of drug-likeness (QED) is 0.0961. The molecule has 2 saturated carbocycles. The first-order chi connectivity index (χ1) is 27.0. The molecular formula is C38H49ClN10O6S. The van der Waals surface area contributed by atoms with E-state index in [1.807, 2.05) is 24.0 Å². The maximum atomic E-state index is 13.0. The molecule has 0 radical (unpaired) electrons. The second-order valence-corrected chi connectivity index (χ2v) is 16.8. The van der Waals surface area contributed by atoms with Crippen molar-refractivity contribution in [2.75, 3.05) is 18.4 Å². The highest BCUT2D eigenvalue weighted by Gasteiger charge is 2.40. The lowest BCUT2D eigenvalue weighted by Crippen LogP contribution is -2.52. The van der Waals surface area contributed by atoms with E-state index in [0.29, 0.717) is 53.5 Å². The lowest BCUT2D eigenvalue weighted by atomic mass is 9.90. The maximum Gasteiger partial charge on any atom is 0.407 e. The van der Waals surface area contributed by atoms with Crippen LogP contribution in [0.1, 0.15) is 103 Å². The third kappa shape index (κ3) is 9.42. The molecule has 2 aliphatic heterocycles. The van der Waals surface area contributed by atoms with Crippen LogP contribution in [0.4, 0.5) is 15.5 Å². The van der Waals surface area contributed by atoms with E-state index in [1.54, 1.807) is 11.1 Å². The van der Waals surface area contributed by atoms with Crippen LogP contribution < -0.4 is 21.3 Å². The third-order valence-corrected chi connectivity index (χ3v) is 12.7. The number of thiophene rings is 1. The van der Waals surface area contributed by atoms with Crippen LogP contribution in [0.25, 0.3) is 11.3 Å². The number of aryl methyl sites for hydroxylation is 1. The van der Waals surface area contributed by atoms with Gasteiger partial charge in [0.25, 0.3) is 5.91 Å². The van der Waals surface area contributed by atoms with Gasteiger partial charge in [-0.25, -0.2) is 19.6 Å². The van der Waals surface area contributed by atoms with Gasteiger partial charge < -0.3 is 30.9 Å². The average molecular weight is 809 g/mol. The molecule has 3 aromatic rings. The van der Waals surface area contributed by atoms with Gasteiger partial charge in [0.05, 0.1) is 34.5 Å². The van der Waals surface area contributed by atoms with Gasteiger partial charge in [0, 0.05) is 61.3 Å². The van der Waals surface area contributed by atoms with Gasteiger partial charge in [0.2, 0.25) is 17.8 Å². The number of piperidine rings is 1. The topological polar surface area (TPSA) is 204 Å². The van der Waals surface area contributed by atoms with Gasteiger partial charge in [-0.05, 0) is 81.8 Å². The number of carbonyl (C=O) groups excluding carboxylic acids is 4. The summed E-state index contributed by atoms with van der Waals surface area (Å²) in [7, 11) is 1.95. The SMILES string of the molecule is Cn1ncc(-c2nc(NC3CCC(N(CCCCCCNC(=O)NCc4cc5c(s4)C(=O)N(C4CCC(=O)NC4=O)C5)C(=O)O)CC3)ncc2Cl)c1CC1CC1. The number of hydrogen-bond donors (Lipinski definition) is 5. The molecule has 18 heteroatoms. The largest absolute Gasteiger partial charge is 0.465 e. The van der Waals surface area contributed by atoms with E-state index in [0.717, 1.165) is 79.5 Å². The number of nitrogens with zero attached hydrogens (tertiary/aromatic N) is 6. The number of aromatic nitrogens is 4. The summed E-state index contributed by atoms with van der Waals surface area (Å²) in [6, 6.07) is 1.03. The van der Waals surface area contributed by atoms with E-state index in [4.69, 9.17) is 16.6 Å². The Morgan fingerprint density at radius 3 is 2.55 bits per heavy atom. The van der Waals surface area contributed by atoms with Crippen molar-refractivity contribution in [1.82, 2.24) is 45.5 Å². The molecule has 1 saturated heterocycles. The zero-order valence-electron chi connectivity index (χ0n) is 31.5. The molecule has 2 aliphatic carbocycles. The predicted octanol–water partition coefficient (Wildman–Crippen LogP) is 5.07. The summed E-state index contributed by atoms with van der Waals surface area (Å²) in [4.78, 5) is 75.0. The second kappa shape index (κ2) is 17.6. The molecule has 3 aromatic heterocycles. The summed E-state index contributed by atoms with van der Waals surface area (Å²) in [6.45, 7) is 1.56. The maximum absolute atomic E-state index is 13.0. The fourth-order valence-corrected chi connectivity index (χ4v) is 9.21. The first kappa shape index (κ1) is 39.5. The predicted molar refractivity (Wildman–Crippen MR) is 209 cm³/mol. The van der Waals surface area contributed by atoms with Crippen LogP contribution in [0, 0.1) is 5.92 Å². The van der Waals surface area contributed by atoms with Crippen molar-refractivity contribution in [3.8, 4) is 11.3 Å². The van der Waals surface area contributed by atoms with Crippen LogP contribution in [0.3, 0.4) is 0 Å². The first-order valence-electron chi connectivity index (χ1n) is 19.6. The molecule has 300 valence electrons. The smallest absolute Gasteiger partial charge is 0.407 e. The number of halogens is 1. The highest BCUT2D eigenvalue weighted by Crippen LogP contribution is 2.37. The number of anilines is 1. The number of unbranched alkanes of at least 4 members (excludes halogenated alkanes) is 3. The molecule has 0 spiro atoms. The number of carboxylic acid groups (broad SMARTS) is 1. The van der Waals surface area contributed by atoms with Gasteiger partial charge in [-0.1, -0.05) is 24.4 Å². The monoisotopic (exact) mass is 808 g/mol. The molecule has 1 unspecified atom stereocenters. The summed E-state index contributed by atoms with van der Waals surface area (Å²) in [5.74, 6) is 0.231. The van der Waals surface area contributed by atoms with Crippen LogP contribution in [-0.4, -0.2) is 95.7 Å². The van der Waals surface area contributed by atoms with Crippen molar-refractivity contribution in [2.24, 2.45) is 13.0 Å². The van der Waals surface area contributed by atoms with E-state index < -0.39 is 18.0 Å². The Hall–Kier alpha value is -4.77. The minimum absolute atomic E-state index is 0.0371. The van der Waals surface area contributed by atoms with Gasteiger partial charge >= 0.3 is 12.1 Å². The molecular weight excluding hydrogens is 760 g/mol. The number of nitrogens with one attached hydrogen (secondary N) is 4.